The molecular formula is C32H34N8O3. The Labute approximate surface area is 250 Å². The molecule has 3 N–H and O–H groups in total. The van der Waals surface area contributed by atoms with Crippen molar-refractivity contribution in [2.24, 2.45) is 0 Å². The fourth-order valence-corrected chi connectivity index (χ4v) is 5.88. The zero-order chi connectivity index (χ0) is 29.8. The zero-order valence-corrected chi connectivity index (χ0v) is 24.1. The highest BCUT2D eigenvalue weighted by Crippen LogP contribution is 2.30. The molecule has 0 saturated carbocycles. The van der Waals surface area contributed by atoms with Gasteiger partial charge in [-0.1, -0.05) is 12.1 Å². The number of piperidine rings is 1. The Morgan fingerprint density at radius 3 is 2.70 bits per heavy atom. The van der Waals surface area contributed by atoms with Gasteiger partial charge in [0.15, 0.2) is 0 Å². The first-order valence-corrected chi connectivity index (χ1v) is 14.4. The number of carbonyl (C=O) groups excluding carboxylic acids is 2. The molecule has 3 aromatic heterocycles. The van der Waals surface area contributed by atoms with Crippen LogP contribution in [0.2, 0.25) is 0 Å². The number of aromatic amines is 1. The predicted molar refractivity (Wildman–Crippen MR) is 164 cm³/mol. The van der Waals surface area contributed by atoms with Crippen molar-refractivity contribution in [3.63, 3.8) is 0 Å². The highest BCUT2D eigenvalue weighted by molar-refractivity contribution is 6.03. The number of rotatable bonds is 7. The molecule has 0 unspecified atom stereocenters. The highest BCUT2D eigenvalue weighted by atomic mass is 16.5. The molecule has 2 aliphatic rings. The van der Waals surface area contributed by atoms with Crippen molar-refractivity contribution >= 4 is 34.4 Å². The van der Waals surface area contributed by atoms with Gasteiger partial charge in [0.05, 0.1) is 24.1 Å². The van der Waals surface area contributed by atoms with E-state index >= 15 is 0 Å². The Morgan fingerprint density at radius 1 is 1.09 bits per heavy atom. The molecule has 43 heavy (non-hydrogen) atoms. The number of aromatic nitrogens is 4. The van der Waals surface area contributed by atoms with E-state index in [4.69, 9.17) is 11.2 Å². The Hall–Kier alpha value is -4.79. The summed E-state index contributed by atoms with van der Waals surface area (Å²) in [6.45, 7) is 7.18. The lowest BCUT2D eigenvalue weighted by molar-refractivity contribution is -0.118. The number of pyridine rings is 1. The van der Waals surface area contributed by atoms with E-state index in [1.54, 1.807) is 12.5 Å². The van der Waals surface area contributed by atoms with E-state index in [0.717, 1.165) is 66.1 Å². The first-order valence-electron chi connectivity index (χ1n) is 14.4. The van der Waals surface area contributed by atoms with Crippen molar-refractivity contribution in [2.45, 2.75) is 31.8 Å². The summed E-state index contributed by atoms with van der Waals surface area (Å²) in [5.74, 6) is 2.36. The standard InChI is InChI=1S/C32H34N8O3/c1-3-28(41)38-32(2)10-4-12-39(20-32)19-22-9-11-33-27(17-22)31(42)36-24-7-5-23(6-8-24)26-18-25-29(37-26)34-21-35-30(25)40-13-15-43-16-14-40/h1,5-9,11,17-18,21H,4,10,12-16,19-20H2,2H3,(H,36,42)(H,38,41)(H,34,35,37)/t32-/m1/s1. The molecule has 11 heteroatoms. The minimum Gasteiger partial charge on any atom is -0.378 e. The maximum absolute atomic E-state index is 13.1. The lowest BCUT2D eigenvalue weighted by Gasteiger charge is -2.40. The fourth-order valence-electron chi connectivity index (χ4n) is 5.88. The van der Waals surface area contributed by atoms with Gasteiger partial charge in [0, 0.05) is 43.8 Å². The minimum absolute atomic E-state index is 0.282. The summed E-state index contributed by atoms with van der Waals surface area (Å²) >= 11 is 0. The smallest absolute Gasteiger partial charge is 0.296 e. The van der Waals surface area contributed by atoms with Crippen LogP contribution in [0, 0.1) is 12.3 Å². The molecule has 220 valence electrons. The third kappa shape index (κ3) is 6.51. The predicted octanol–water partition coefficient (Wildman–Crippen LogP) is 3.21. The van der Waals surface area contributed by atoms with Gasteiger partial charge in [0.2, 0.25) is 0 Å². The van der Waals surface area contributed by atoms with E-state index in [-0.39, 0.29) is 11.4 Å². The quantitative estimate of drug-likeness (QED) is 0.285. The molecule has 5 heterocycles. The van der Waals surface area contributed by atoms with Gasteiger partial charge in [-0.25, -0.2) is 9.97 Å². The summed E-state index contributed by atoms with van der Waals surface area (Å²) in [7, 11) is 0. The van der Waals surface area contributed by atoms with Gasteiger partial charge in [-0.05, 0) is 73.7 Å². The molecule has 1 atom stereocenters. The fraction of sp³-hybridized carbons (Fsp3) is 0.344. The molecular weight excluding hydrogens is 544 g/mol. The zero-order valence-electron chi connectivity index (χ0n) is 24.1. The van der Waals surface area contributed by atoms with Crippen LogP contribution in [-0.4, -0.2) is 81.6 Å². The van der Waals surface area contributed by atoms with E-state index in [1.165, 1.54) is 0 Å². The van der Waals surface area contributed by atoms with Gasteiger partial charge in [-0.2, -0.15) is 0 Å². The molecule has 1 aromatic carbocycles. The van der Waals surface area contributed by atoms with Crippen molar-refractivity contribution in [3.05, 3.63) is 66.2 Å². The number of benzene rings is 1. The normalized spacial score (nSPS) is 19.1. The van der Waals surface area contributed by atoms with Crippen molar-refractivity contribution < 1.29 is 14.3 Å². The van der Waals surface area contributed by atoms with E-state index in [0.29, 0.717) is 37.7 Å². The molecule has 11 nitrogen and oxygen atoms in total. The van der Waals surface area contributed by atoms with Crippen LogP contribution in [0.15, 0.2) is 55.0 Å². The summed E-state index contributed by atoms with van der Waals surface area (Å²) in [5.41, 5.74) is 4.27. The number of ether oxygens (including phenoxy) is 1. The van der Waals surface area contributed by atoms with Crippen molar-refractivity contribution in [1.82, 2.24) is 30.2 Å². The summed E-state index contributed by atoms with van der Waals surface area (Å²) in [5, 5.41) is 6.87. The van der Waals surface area contributed by atoms with Crippen LogP contribution in [0.1, 0.15) is 35.8 Å². The van der Waals surface area contributed by atoms with Crippen molar-refractivity contribution in [3.8, 4) is 23.6 Å². The number of likely N-dealkylation sites (tertiary alicyclic amines) is 1. The van der Waals surface area contributed by atoms with E-state index in [1.807, 2.05) is 43.3 Å². The second kappa shape index (κ2) is 12.2. The van der Waals surface area contributed by atoms with Crippen LogP contribution in [0.3, 0.4) is 0 Å². The molecule has 2 fully saturated rings. The highest BCUT2D eigenvalue weighted by Gasteiger charge is 2.32. The summed E-state index contributed by atoms with van der Waals surface area (Å²) in [6, 6.07) is 13.4. The number of amides is 2. The number of carbonyl (C=O) groups is 2. The monoisotopic (exact) mass is 578 g/mol. The number of terminal acetylenes is 1. The van der Waals surface area contributed by atoms with E-state index in [2.05, 4.69) is 52.4 Å². The molecule has 2 saturated heterocycles. The molecule has 0 radical (unpaired) electrons. The number of nitrogens with zero attached hydrogens (tertiary/aromatic N) is 5. The molecule has 0 bridgehead atoms. The second-order valence-corrected chi connectivity index (χ2v) is 11.3. The number of anilines is 2. The largest absolute Gasteiger partial charge is 0.378 e. The van der Waals surface area contributed by atoms with Crippen LogP contribution >= 0.6 is 0 Å². The van der Waals surface area contributed by atoms with Crippen LogP contribution in [0.25, 0.3) is 22.3 Å². The third-order valence-corrected chi connectivity index (χ3v) is 7.95. The number of H-pyrrole nitrogens is 1. The number of hydrogen-bond donors (Lipinski definition) is 3. The average Bonchev–Trinajstić information content (AvgIpc) is 3.46. The maximum atomic E-state index is 13.1. The first kappa shape index (κ1) is 28.3. The SMILES string of the molecule is C#CC(=O)N[C@]1(C)CCCN(Cc2ccnc(C(=O)Nc3ccc(-c4cc5c(N6CCOCC6)ncnc5[nH]4)cc3)c2)C1. The topological polar surface area (TPSA) is 128 Å². The van der Waals surface area contributed by atoms with Crippen molar-refractivity contribution in [1.29, 1.82) is 0 Å². The molecule has 2 amide bonds. The Balaban J connectivity index is 1.10. The number of morpholine rings is 1. The summed E-state index contributed by atoms with van der Waals surface area (Å²) in [4.78, 5) is 46.0. The lowest BCUT2D eigenvalue weighted by atomic mass is 9.90. The number of hydrogen-bond acceptors (Lipinski definition) is 8. The Kier molecular flexibility index (Phi) is 8.05. The van der Waals surface area contributed by atoms with Crippen LogP contribution in [0.5, 0.6) is 0 Å². The first-order chi connectivity index (χ1) is 20.9. The lowest BCUT2D eigenvalue weighted by Crippen LogP contribution is -2.56. The minimum atomic E-state index is -0.395. The van der Waals surface area contributed by atoms with Gasteiger partial charge in [0.25, 0.3) is 11.8 Å². The van der Waals surface area contributed by atoms with E-state index in [9.17, 15) is 9.59 Å². The van der Waals surface area contributed by atoms with Crippen LogP contribution in [0.4, 0.5) is 11.5 Å². The number of fused-ring (bicyclic) bond motifs is 1. The van der Waals surface area contributed by atoms with Crippen molar-refractivity contribution in [2.75, 3.05) is 49.6 Å². The molecule has 4 aromatic rings. The molecule has 6 rings (SSSR count). The molecule has 2 aliphatic heterocycles. The maximum Gasteiger partial charge on any atom is 0.296 e. The Bertz CT molecular complexity index is 1670. The van der Waals surface area contributed by atoms with Gasteiger partial charge in [0.1, 0.15) is 23.5 Å². The second-order valence-electron chi connectivity index (χ2n) is 11.3. The summed E-state index contributed by atoms with van der Waals surface area (Å²) < 4.78 is 5.49. The summed E-state index contributed by atoms with van der Waals surface area (Å²) in [6.07, 6.45) is 10.3. The third-order valence-electron chi connectivity index (χ3n) is 7.95. The van der Waals surface area contributed by atoms with Gasteiger partial charge < -0.3 is 25.3 Å². The van der Waals surface area contributed by atoms with Gasteiger partial charge in [-0.3, -0.25) is 19.5 Å². The Morgan fingerprint density at radius 2 is 1.91 bits per heavy atom. The van der Waals surface area contributed by atoms with Crippen LogP contribution in [-0.2, 0) is 16.1 Å². The molecule has 0 aliphatic carbocycles. The molecule has 0 spiro atoms. The van der Waals surface area contributed by atoms with E-state index < -0.39 is 5.91 Å². The van der Waals surface area contributed by atoms with Crippen LogP contribution < -0.4 is 15.5 Å². The average molecular weight is 579 g/mol. The van der Waals surface area contributed by atoms with Gasteiger partial charge >= 0.3 is 0 Å². The number of nitrogens with one attached hydrogen (secondary N) is 3. The van der Waals surface area contributed by atoms with Gasteiger partial charge in [-0.15, -0.1) is 6.42 Å².